The average molecular weight is 675 g/mol. The van der Waals surface area contributed by atoms with Crippen molar-refractivity contribution in [2.75, 3.05) is 0 Å². The molecule has 7 aromatic carbocycles. The van der Waals surface area contributed by atoms with E-state index in [1.807, 2.05) is 65.2 Å². The zero-order valence-corrected chi connectivity index (χ0v) is 27.7. The van der Waals surface area contributed by atoms with Crippen LogP contribution in [0.5, 0.6) is 0 Å². The molecule has 0 saturated heterocycles. The molecular weight excluding hydrogens is 643 g/mol. The molecule has 51 heavy (non-hydrogen) atoms. The Balaban J connectivity index is 1.29. The van der Waals surface area contributed by atoms with Gasteiger partial charge in [0.2, 0.25) is 5.95 Å². The smallest absolute Gasteiger partial charge is 0.238 e. The summed E-state index contributed by atoms with van der Waals surface area (Å²) in [6.07, 6.45) is 0. The van der Waals surface area contributed by atoms with Gasteiger partial charge in [-0.15, -0.1) is 11.3 Å². The number of nitrogens with zero attached hydrogens (tertiary/aromatic N) is 5. The lowest BCUT2D eigenvalue weighted by molar-refractivity contribution is 0.953. The maximum Gasteiger partial charge on any atom is 0.238 e. The van der Waals surface area contributed by atoms with Crippen molar-refractivity contribution < 1.29 is 6.85 Å². The van der Waals surface area contributed by atoms with Gasteiger partial charge in [-0.05, 0) is 36.4 Å². The van der Waals surface area contributed by atoms with Gasteiger partial charge >= 0.3 is 0 Å². The third-order valence-corrected chi connectivity index (χ3v) is 10.8. The van der Waals surface area contributed by atoms with E-state index in [0.717, 1.165) is 59.4 Å². The highest BCUT2D eigenvalue weighted by atomic mass is 32.1. The quantitative estimate of drug-likeness (QED) is 0.187. The number of para-hydroxylation sites is 3. The number of thiophene rings is 1. The normalized spacial score (nSPS) is 13.3. The van der Waals surface area contributed by atoms with Gasteiger partial charge in [-0.1, -0.05) is 127 Å². The average Bonchev–Trinajstić information content (AvgIpc) is 3.90. The number of rotatable bonds is 4. The minimum absolute atomic E-state index is 0.0138. The maximum absolute atomic E-state index is 8.94. The molecule has 0 radical (unpaired) electrons. The van der Waals surface area contributed by atoms with Crippen molar-refractivity contribution in [3.05, 3.63) is 164 Å². The first-order valence-electron chi connectivity index (χ1n) is 19.1. The summed E-state index contributed by atoms with van der Waals surface area (Å²) < 4.78 is 49.7. The van der Waals surface area contributed by atoms with Gasteiger partial charge in [0.15, 0.2) is 11.6 Å². The standard InChI is InChI=1S/C45H27N5S/c1-3-13-28(14-4-1)43-46-44(29-23-24-34-33-19-9-12-22-39(33)51-40(34)27-29)48-45(47-43)50-38-21-11-8-18-32(38)36-26-25-35-31-17-7-10-20-37(31)49(41(35)42(36)50)30-15-5-2-6-16-30/h1-27H/i1D,3D,4D,13D,14D. The molecule has 0 bridgehead atoms. The molecular formula is C45H27N5S. The van der Waals surface area contributed by atoms with Crippen LogP contribution in [0.3, 0.4) is 0 Å². The van der Waals surface area contributed by atoms with E-state index in [4.69, 9.17) is 21.8 Å². The Morgan fingerprint density at radius 1 is 0.451 bits per heavy atom. The van der Waals surface area contributed by atoms with Crippen molar-refractivity contribution >= 4 is 75.1 Å². The molecule has 4 heterocycles. The molecule has 0 aliphatic carbocycles. The van der Waals surface area contributed by atoms with Crippen LogP contribution in [0.25, 0.3) is 98.2 Å². The van der Waals surface area contributed by atoms with Crippen LogP contribution in [0.4, 0.5) is 0 Å². The summed E-state index contributed by atoms with van der Waals surface area (Å²) in [6, 6.07) is 43.3. The molecule has 0 fully saturated rings. The number of hydrogen-bond donors (Lipinski definition) is 0. The molecule has 6 heteroatoms. The lowest BCUT2D eigenvalue weighted by atomic mass is 10.1. The predicted molar refractivity (Wildman–Crippen MR) is 212 cm³/mol. The van der Waals surface area contributed by atoms with Crippen LogP contribution < -0.4 is 0 Å². The molecule has 0 saturated carbocycles. The largest absolute Gasteiger partial charge is 0.307 e. The Labute approximate surface area is 303 Å². The zero-order chi connectivity index (χ0) is 37.8. The van der Waals surface area contributed by atoms with E-state index < -0.39 is 18.1 Å². The van der Waals surface area contributed by atoms with Crippen molar-refractivity contribution in [1.82, 2.24) is 24.1 Å². The van der Waals surface area contributed by atoms with Crippen LogP contribution in [0.2, 0.25) is 0 Å². The van der Waals surface area contributed by atoms with Gasteiger partial charge < -0.3 is 4.57 Å². The Bertz CT molecular complexity index is 3410. The second kappa shape index (κ2) is 10.9. The van der Waals surface area contributed by atoms with Gasteiger partial charge in [0.25, 0.3) is 0 Å². The fourth-order valence-electron chi connectivity index (χ4n) is 7.49. The molecule has 0 aliphatic rings. The van der Waals surface area contributed by atoms with Crippen LogP contribution >= 0.6 is 11.3 Å². The van der Waals surface area contributed by atoms with Gasteiger partial charge in [0, 0.05) is 58.5 Å². The highest BCUT2D eigenvalue weighted by molar-refractivity contribution is 7.25. The number of fused-ring (bicyclic) bond motifs is 10. The first-order chi connectivity index (χ1) is 27.4. The summed E-state index contributed by atoms with van der Waals surface area (Å²) in [7, 11) is 0. The van der Waals surface area contributed by atoms with E-state index in [-0.39, 0.29) is 29.4 Å². The van der Waals surface area contributed by atoms with E-state index in [1.165, 1.54) is 10.1 Å². The van der Waals surface area contributed by atoms with Crippen LogP contribution in [-0.4, -0.2) is 24.1 Å². The fourth-order valence-corrected chi connectivity index (χ4v) is 8.63. The van der Waals surface area contributed by atoms with Gasteiger partial charge in [-0.3, -0.25) is 4.57 Å². The summed E-state index contributed by atoms with van der Waals surface area (Å²) in [5.74, 6) is 0.565. The van der Waals surface area contributed by atoms with Gasteiger partial charge in [0.1, 0.15) is 0 Å². The Kier molecular flexibility index (Phi) is 5.08. The highest BCUT2D eigenvalue weighted by Crippen LogP contribution is 2.42. The molecule has 0 spiro atoms. The third-order valence-electron chi connectivity index (χ3n) is 9.67. The van der Waals surface area contributed by atoms with Crippen molar-refractivity contribution in [1.29, 1.82) is 0 Å². The second-order valence-electron chi connectivity index (χ2n) is 12.5. The van der Waals surface area contributed by atoms with Crippen molar-refractivity contribution in [3.8, 4) is 34.4 Å². The Hall–Kier alpha value is -6.63. The summed E-state index contributed by atoms with van der Waals surface area (Å²) in [5.41, 5.74) is 5.35. The third kappa shape index (κ3) is 4.24. The SMILES string of the molecule is [2H]c1c([2H])c([2H])c(-c2nc(-c3ccc4c(c3)sc3ccccc34)nc(-n3c4ccccc4c4ccc5c6ccccc6n(-c6ccccc6)c5c43)n2)c([2H])c1[2H]. The Morgan fingerprint density at radius 2 is 1.02 bits per heavy atom. The summed E-state index contributed by atoms with van der Waals surface area (Å²) in [6.45, 7) is 0. The highest BCUT2D eigenvalue weighted by Gasteiger charge is 2.23. The minimum atomic E-state index is -0.480. The topological polar surface area (TPSA) is 48.5 Å². The number of hydrogen-bond acceptors (Lipinski definition) is 4. The molecule has 5 nitrogen and oxygen atoms in total. The second-order valence-corrected chi connectivity index (χ2v) is 13.6. The fraction of sp³-hybridized carbons (Fsp3) is 0. The first kappa shape index (κ1) is 23.7. The van der Waals surface area contributed by atoms with Crippen molar-refractivity contribution in [3.63, 3.8) is 0 Å². The zero-order valence-electron chi connectivity index (χ0n) is 31.8. The summed E-state index contributed by atoms with van der Waals surface area (Å²) in [5, 5.41) is 6.42. The van der Waals surface area contributed by atoms with Crippen LogP contribution in [0, 0.1) is 0 Å². The molecule has 4 aromatic heterocycles. The molecule has 11 aromatic rings. The molecule has 0 atom stereocenters. The molecule has 238 valence electrons. The first-order valence-corrected chi connectivity index (χ1v) is 17.4. The lowest BCUT2D eigenvalue weighted by Gasteiger charge is -2.13. The molecule has 0 amide bonds. The van der Waals surface area contributed by atoms with E-state index in [1.54, 1.807) is 11.3 Å². The molecule has 11 rings (SSSR count). The number of aromatic nitrogens is 5. The van der Waals surface area contributed by atoms with E-state index in [0.29, 0.717) is 11.4 Å². The van der Waals surface area contributed by atoms with Crippen LogP contribution in [-0.2, 0) is 0 Å². The Morgan fingerprint density at radius 3 is 1.76 bits per heavy atom. The van der Waals surface area contributed by atoms with Crippen LogP contribution in [0.1, 0.15) is 6.85 Å². The van der Waals surface area contributed by atoms with Gasteiger partial charge in [0.05, 0.1) is 28.9 Å². The molecule has 0 N–H and O–H groups in total. The number of benzene rings is 7. The molecule has 0 aliphatic heterocycles. The molecule has 0 unspecified atom stereocenters. The summed E-state index contributed by atoms with van der Waals surface area (Å²) in [4.78, 5) is 15.1. The van der Waals surface area contributed by atoms with E-state index in [9.17, 15) is 0 Å². The maximum atomic E-state index is 8.94. The van der Waals surface area contributed by atoms with Crippen molar-refractivity contribution in [2.24, 2.45) is 0 Å². The monoisotopic (exact) mass is 674 g/mol. The predicted octanol–water partition coefficient (Wildman–Crippen LogP) is 11.8. The van der Waals surface area contributed by atoms with Gasteiger partial charge in [-0.25, -0.2) is 4.98 Å². The minimum Gasteiger partial charge on any atom is -0.307 e. The van der Waals surface area contributed by atoms with Crippen LogP contribution in [0.15, 0.2) is 164 Å². The van der Waals surface area contributed by atoms with Gasteiger partial charge in [-0.2, -0.15) is 9.97 Å². The summed E-state index contributed by atoms with van der Waals surface area (Å²) >= 11 is 1.68. The lowest BCUT2D eigenvalue weighted by Crippen LogP contribution is -2.07. The van der Waals surface area contributed by atoms with Crippen molar-refractivity contribution in [2.45, 2.75) is 0 Å². The van der Waals surface area contributed by atoms with E-state index >= 15 is 0 Å². The van der Waals surface area contributed by atoms with E-state index in [2.05, 4.69) is 77.4 Å².